The van der Waals surface area contributed by atoms with Crippen LogP contribution in [0, 0.1) is 6.92 Å². The van der Waals surface area contributed by atoms with E-state index in [-0.39, 0.29) is 18.7 Å². The molecule has 2 N–H and O–H groups in total. The molecule has 130 valence electrons. The maximum Gasteiger partial charge on any atom is 0.354 e. The Morgan fingerprint density at radius 2 is 2.12 bits per heavy atom. The summed E-state index contributed by atoms with van der Waals surface area (Å²) in [6.45, 7) is 2.16. The van der Waals surface area contributed by atoms with E-state index in [1.54, 1.807) is 17.6 Å². The minimum atomic E-state index is -0.686. The number of nitrogens with two attached hydrogens (primary N) is 1. The van der Waals surface area contributed by atoms with E-state index in [9.17, 15) is 9.59 Å². The highest BCUT2D eigenvalue weighted by molar-refractivity contribution is 7.09. The molecule has 0 bridgehead atoms. The van der Waals surface area contributed by atoms with Gasteiger partial charge in [0.25, 0.3) is 0 Å². The van der Waals surface area contributed by atoms with Gasteiger partial charge in [0.2, 0.25) is 5.91 Å². The maximum atomic E-state index is 12.3. The van der Waals surface area contributed by atoms with Crippen molar-refractivity contribution in [2.45, 2.75) is 25.8 Å². The second-order valence-corrected chi connectivity index (χ2v) is 6.54. The third-order valence-corrected chi connectivity index (χ3v) is 4.90. The maximum absolute atomic E-state index is 12.3. The molecule has 1 amide bonds. The normalized spacial score (nSPS) is 16.6. The minimum absolute atomic E-state index is 0.142. The summed E-state index contributed by atoms with van der Waals surface area (Å²) < 4.78 is 5.30. The van der Waals surface area contributed by atoms with E-state index in [0.717, 1.165) is 10.6 Å². The first-order valence-corrected chi connectivity index (χ1v) is 8.71. The molecule has 1 aliphatic rings. The number of amides is 1. The zero-order valence-electron chi connectivity index (χ0n) is 13.7. The van der Waals surface area contributed by atoms with Crippen molar-refractivity contribution < 1.29 is 14.3 Å². The van der Waals surface area contributed by atoms with Gasteiger partial charge in [-0.15, -0.1) is 11.3 Å². The van der Waals surface area contributed by atoms with Gasteiger partial charge in [-0.25, -0.2) is 9.78 Å². The van der Waals surface area contributed by atoms with Crippen LogP contribution in [-0.2, 0) is 20.7 Å². The fraction of sp³-hybridized carbons (Fsp3) is 0.294. The Hall–Kier alpha value is -2.74. The first-order valence-electron chi connectivity index (χ1n) is 7.83. The average Bonchev–Trinajstić information content (AvgIpc) is 3.22. The van der Waals surface area contributed by atoms with Gasteiger partial charge in [0.15, 0.2) is 0 Å². The predicted octanol–water partition coefficient (Wildman–Crippen LogP) is 1.66. The van der Waals surface area contributed by atoms with Crippen LogP contribution in [0.25, 0.3) is 0 Å². The highest BCUT2D eigenvalue weighted by Gasteiger charge is 2.35. The first-order chi connectivity index (χ1) is 12.1. The molecule has 25 heavy (non-hydrogen) atoms. The number of aryl methyl sites for hydroxylation is 1. The monoisotopic (exact) mass is 358 g/mol. The van der Waals surface area contributed by atoms with Crippen LogP contribution in [0.2, 0.25) is 0 Å². The number of esters is 1. The predicted molar refractivity (Wildman–Crippen MR) is 95.5 cm³/mol. The molecule has 0 radical (unpaired) electrons. The Balaban J connectivity index is 1.65. The Morgan fingerprint density at radius 3 is 2.76 bits per heavy atom. The number of anilines is 1. The van der Waals surface area contributed by atoms with E-state index >= 15 is 0 Å². The number of hydrogen-bond donors (Lipinski definition) is 1. The topological polar surface area (TPSA) is 97.9 Å². The van der Waals surface area contributed by atoms with Crippen molar-refractivity contribution >= 4 is 34.6 Å². The number of carbonyl (C=O) groups excluding carboxylic acids is 2. The molecule has 0 saturated carbocycles. The molecular formula is C17H18N4O3S. The van der Waals surface area contributed by atoms with Gasteiger partial charge >= 0.3 is 5.97 Å². The van der Waals surface area contributed by atoms with Crippen LogP contribution in [0.1, 0.15) is 17.0 Å². The summed E-state index contributed by atoms with van der Waals surface area (Å²) in [7, 11) is 0. The Labute approximate surface area is 149 Å². The zero-order chi connectivity index (χ0) is 17.8. The number of thiazole rings is 1. The van der Waals surface area contributed by atoms with Crippen LogP contribution in [-0.4, -0.2) is 35.2 Å². The molecule has 1 aliphatic heterocycles. The van der Waals surface area contributed by atoms with Gasteiger partial charge in [0.05, 0.1) is 23.5 Å². The number of ether oxygens (including phenoxy) is 1. The quantitative estimate of drug-likeness (QED) is 0.792. The number of primary amides is 1. The SMILES string of the molecule is Cc1ncsc1CCOC(=O)C1=NN(c2ccccc2)C(C(N)=O)C1. The van der Waals surface area contributed by atoms with Gasteiger partial charge in [0.1, 0.15) is 11.8 Å². The van der Waals surface area contributed by atoms with Crippen molar-refractivity contribution in [2.24, 2.45) is 10.8 Å². The van der Waals surface area contributed by atoms with Crippen LogP contribution in [0.4, 0.5) is 5.69 Å². The van der Waals surface area contributed by atoms with E-state index in [2.05, 4.69) is 10.1 Å². The molecule has 1 atom stereocenters. The summed E-state index contributed by atoms with van der Waals surface area (Å²) in [4.78, 5) is 29.2. The third kappa shape index (κ3) is 3.85. The molecular weight excluding hydrogens is 340 g/mol. The smallest absolute Gasteiger partial charge is 0.354 e. The van der Waals surface area contributed by atoms with Crippen LogP contribution < -0.4 is 10.7 Å². The number of rotatable bonds is 6. The number of hydrazone groups is 1. The molecule has 0 fully saturated rings. The molecule has 0 saturated heterocycles. The van der Waals surface area contributed by atoms with E-state index < -0.39 is 17.9 Å². The summed E-state index contributed by atoms with van der Waals surface area (Å²) in [5, 5.41) is 5.74. The lowest BCUT2D eigenvalue weighted by atomic mass is 10.1. The van der Waals surface area contributed by atoms with Crippen molar-refractivity contribution in [3.05, 3.63) is 46.4 Å². The highest BCUT2D eigenvalue weighted by atomic mass is 32.1. The molecule has 0 aliphatic carbocycles. The van der Waals surface area contributed by atoms with E-state index in [1.165, 1.54) is 16.3 Å². The molecule has 1 aromatic heterocycles. The molecule has 0 spiro atoms. The number of para-hydroxylation sites is 1. The molecule has 2 aromatic rings. The molecule has 1 unspecified atom stereocenters. The lowest BCUT2D eigenvalue weighted by Crippen LogP contribution is -2.39. The molecule has 3 rings (SSSR count). The fourth-order valence-corrected chi connectivity index (χ4v) is 3.32. The van der Waals surface area contributed by atoms with E-state index in [0.29, 0.717) is 12.1 Å². The van der Waals surface area contributed by atoms with Crippen molar-refractivity contribution in [1.29, 1.82) is 0 Å². The third-order valence-electron chi connectivity index (χ3n) is 3.90. The van der Waals surface area contributed by atoms with Crippen molar-refractivity contribution in [2.75, 3.05) is 11.6 Å². The molecule has 7 nitrogen and oxygen atoms in total. The van der Waals surface area contributed by atoms with Gasteiger partial charge < -0.3 is 10.5 Å². The number of carbonyl (C=O) groups is 2. The summed E-state index contributed by atoms with van der Waals surface area (Å²) in [5.41, 5.74) is 9.08. The minimum Gasteiger partial charge on any atom is -0.461 e. The standard InChI is InChI=1S/C17H18N4O3S/c1-11-15(25-10-19-11)7-8-24-17(23)13-9-14(16(18)22)21(20-13)12-5-3-2-4-6-12/h2-6,10,14H,7-9H2,1H3,(H2,18,22). The Morgan fingerprint density at radius 1 is 1.36 bits per heavy atom. The second-order valence-electron chi connectivity index (χ2n) is 5.60. The molecule has 2 heterocycles. The zero-order valence-corrected chi connectivity index (χ0v) is 14.5. The number of nitrogens with zero attached hydrogens (tertiary/aromatic N) is 3. The van der Waals surface area contributed by atoms with Gasteiger partial charge in [-0.3, -0.25) is 9.80 Å². The highest BCUT2D eigenvalue weighted by Crippen LogP contribution is 2.24. The summed E-state index contributed by atoms with van der Waals surface area (Å²) in [6, 6.07) is 8.45. The largest absolute Gasteiger partial charge is 0.461 e. The number of aromatic nitrogens is 1. The average molecular weight is 358 g/mol. The van der Waals surface area contributed by atoms with Crippen molar-refractivity contribution in [3.63, 3.8) is 0 Å². The van der Waals surface area contributed by atoms with Crippen molar-refractivity contribution in [3.8, 4) is 0 Å². The van der Waals surface area contributed by atoms with Crippen molar-refractivity contribution in [1.82, 2.24) is 4.98 Å². The Bertz CT molecular complexity index is 803. The molecule has 1 aromatic carbocycles. The van der Waals surface area contributed by atoms with Crippen LogP contribution in [0.5, 0.6) is 0 Å². The number of hydrogen-bond acceptors (Lipinski definition) is 7. The summed E-state index contributed by atoms with van der Waals surface area (Å²) in [5.74, 6) is -1.05. The lowest BCUT2D eigenvalue weighted by Gasteiger charge is -2.20. The van der Waals surface area contributed by atoms with Gasteiger partial charge in [-0.05, 0) is 19.1 Å². The van der Waals surface area contributed by atoms with Gasteiger partial charge in [-0.1, -0.05) is 18.2 Å². The number of benzene rings is 1. The Kier molecular flexibility index (Phi) is 5.08. The lowest BCUT2D eigenvalue weighted by molar-refractivity contribution is -0.135. The fourth-order valence-electron chi connectivity index (χ4n) is 2.56. The van der Waals surface area contributed by atoms with E-state index in [1.807, 2.05) is 25.1 Å². The summed E-state index contributed by atoms with van der Waals surface area (Å²) >= 11 is 1.53. The van der Waals surface area contributed by atoms with E-state index in [4.69, 9.17) is 10.5 Å². The second kappa shape index (κ2) is 7.43. The first kappa shape index (κ1) is 17.1. The van der Waals surface area contributed by atoms with Gasteiger partial charge in [-0.2, -0.15) is 5.10 Å². The van der Waals surface area contributed by atoms with Crippen LogP contribution in [0.15, 0.2) is 40.9 Å². The molecule has 8 heteroatoms. The van der Waals surface area contributed by atoms with Crippen LogP contribution in [0.3, 0.4) is 0 Å². The van der Waals surface area contributed by atoms with Crippen LogP contribution >= 0.6 is 11.3 Å². The van der Waals surface area contributed by atoms with Gasteiger partial charge in [0, 0.05) is 17.7 Å². The summed E-state index contributed by atoms with van der Waals surface area (Å²) in [6.07, 6.45) is 0.750.